The van der Waals surface area contributed by atoms with E-state index in [0.717, 1.165) is 12.8 Å². The van der Waals surface area contributed by atoms with Crippen LogP contribution in [-0.4, -0.2) is 18.4 Å². The molecule has 0 bridgehead atoms. The zero-order valence-electron chi connectivity index (χ0n) is 10.5. The number of hydrogen-bond donors (Lipinski definition) is 0. The van der Waals surface area contributed by atoms with Gasteiger partial charge in [-0.1, -0.05) is 26.2 Å². The molecule has 0 unspecified atom stereocenters. The number of hydrogen-bond acceptors (Lipinski definition) is 3. The molecule has 0 aliphatic heterocycles. The quantitative estimate of drug-likeness (QED) is 0.495. The smallest absolute Gasteiger partial charge is 0.309 e. The Labute approximate surface area is 97.5 Å². The van der Waals surface area contributed by atoms with Crippen LogP contribution in [0.15, 0.2) is 0 Å². The summed E-state index contributed by atoms with van der Waals surface area (Å²) in [5.41, 5.74) is 0. The molecule has 0 aromatic rings. The molecule has 0 amide bonds. The summed E-state index contributed by atoms with van der Waals surface area (Å²) in [5.74, 6) is 0.0112. The van der Waals surface area contributed by atoms with E-state index in [2.05, 4.69) is 6.92 Å². The van der Waals surface area contributed by atoms with Crippen LogP contribution >= 0.6 is 0 Å². The van der Waals surface area contributed by atoms with E-state index in [1.165, 1.54) is 12.8 Å². The molecule has 1 fully saturated rings. The molecule has 0 N–H and O–H groups in total. The van der Waals surface area contributed by atoms with E-state index >= 15 is 0 Å². The maximum atomic E-state index is 11.6. The maximum absolute atomic E-state index is 11.6. The van der Waals surface area contributed by atoms with Gasteiger partial charge in [0.2, 0.25) is 0 Å². The van der Waals surface area contributed by atoms with Crippen LogP contribution in [0.4, 0.5) is 0 Å². The molecule has 1 aliphatic carbocycles. The number of Topliss-reactive ketones (excluding diaryl/α,β-unsaturated/α-hetero) is 1. The van der Waals surface area contributed by atoms with Crippen LogP contribution in [-0.2, 0) is 14.3 Å². The monoisotopic (exact) mass is 226 g/mol. The first-order valence-electron chi connectivity index (χ1n) is 6.30. The highest BCUT2D eigenvalue weighted by atomic mass is 16.5. The summed E-state index contributed by atoms with van der Waals surface area (Å²) in [6.07, 6.45) is 4.45. The Bertz CT molecular complexity index is 260. The third kappa shape index (κ3) is 3.06. The second kappa shape index (κ2) is 6.02. The molecule has 92 valence electrons. The first kappa shape index (κ1) is 13.2. The highest BCUT2D eigenvalue weighted by molar-refractivity contribution is 5.90. The van der Waals surface area contributed by atoms with Crippen molar-refractivity contribution in [2.24, 2.45) is 17.8 Å². The van der Waals surface area contributed by atoms with Crippen molar-refractivity contribution in [3.63, 3.8) is 0 Å². The first-order chi connectivity index (χ1) is 7.63. The van der Waals surface area contributed by atoms with E-state index in [1.54, 1.807) is 13.8 Å². The highest BCUT2D eigenvalue weighted by Crippen LogP contribution is 2.50. The molecule has 3 nitrogen and oxygen atoms in total. The van der Waals surface area contributed by atoms with Gasteiger partial charge in [-0.3, -0.25) is 9.59 Å². The van der Waals surface area contributed by atoms with Crippen molar-refractivity contribution in [1.29, 1.82) is 0 Å². The van der Waals surface area contributed by atoms with Gasteiger partial charge in [0, 0.05) is 5.92 Å². The summed E-state index contributed by atoms with van der Waals surface area (Å²) in [6.45, 7) is 5.94. The lowest BCUT2D eigenvalue weighted by Crippen LogP contribution is -2.10. The van der Waals surface area contributed by atoms with Gasteiger partial charge >= 0.3 is 5.97 Å². The van der Waals surface area contributed by atoms with Gasteiger partial charge in [-0.25, -0.2) is 0 Å². The second-order valence-electron chi connectivity index (χ2n) is 4.57. The lowest BCUT2D eigenvalue weighted by molar-refractivity contribution is -0.146. The lowest BCUT2D eigenvalue weighted by Gasteiger charge is -2.00. The summed E-state index contributed by atoms with van der Waals surface area (Å²) >= 11 is 0. The topological polar surface area (TPSA) is 43.4 Å². The Morgan fingerprint density at radius 3 is 2.31 bits per heavy atom. The summed E-state index contributed by atoms with van der Waals surface area (Å²) < 4.78 is 4.99. The van der Waals surface area contributed by atoms with Gasteiger partial charge in [0.25, 0.3) is 0 Å². The number of rotatable bonds is 7. The van der Waals surface area contributed by atoms with Crippen LogP contribution in [0.3, 0.4) is 0 Å². The SMILES string of the molecule is CCCCC[C@H]1[C@H](C(C)=O)[C@H]1C(=O)OCC. The van der Waals surface area contributed by atoms with E-state index in [4.69, 9.17) is 4.74 Å². The molecule has 0 aromatic heterocycles. The molecule has 0 saturated heterocycles. The second-order valence-corrected chi connectivity index (χ2v) is 4.57. The molecule has 0 radical (unpaired) electrons. The molecule has 3 atom stereocenters. The van der Waals surface area contributed by atoms with Gasteiger partial charge in [-0.15, -0.1) is 0 Å². The summed E-state index contributed by atoms with van der Waals surface area (Å²) in [4.78, 5) is 22.9. The molecule has 16 heavy (non-hydrogen) atoms. The predicted molar refractivity (Wildman–Crippen MR) is 61.9 cm³/mol. The lowest BCUT2D eigenvalue weighted by atomic mass is 10.1. The van der Waals surface area contributed by atoms with Crippen molar-refractivity contribution < 1.29 is 14.3 Å². The van der Waals surface area contributed by atoms with Crippen LogP contribution in [0.25, 0.3) is 0 Å². The van der Waals surface area contributed by atoms with E-state index in [0.29, 0.717) is 6.61 Å². The van der Waals surface area contributed by atoms with Crippen LogP contribution < -0.4 is 0 Å². The highest BCUT2D eigenvalue weighted by Gasteiger charge is 2.57. The van der Waals surface area contributed by atoms with Crippen molar-refractivity contribution in [2.45, 2.75) is 46.5 Å². The average Bonchev–Trinajstić information content (AvgIpc) is 2.93. The summed E-state index contributed by atoms with van der Waals surface area (Å²) in [5, 5.41) is 0. The van der Waals surface area contributed by atoms with Gasteiger partial charge in [-0.2, -0.15) is 0 Å². The zero-order valence-corrected chi connectivity index (χ0v) is 10.5. The number of ketones is 1. The maximum Gasteiger partial charge on any atom is 0.309 e. The molecule has 1 saturated carbocycles. The van der Waals surface area contributed by atoms with Crippen LogP contribution in [0.1, 0.15) is 46.5 Å². The fourth-order valence-electron chi connectivity index (χ4n) is 2.48. The third-order valence-corrected chi connectivity index (χ3v) is 3.34. The Hall–Kier alpha value is -0.860. The van der Waals surface area contributed by atoms with Crippen LogP contribution in [0.2, 0.25) is 0 Å². The van der Waals surface area contributed by atoms with Gasteiger partial charge in [0.1, 0.15) is 5.78 Å². The minimum absolute atomic E-state index is 0.0593. The number of unbranched alkanes of at least 4 members (excludes halogenated alkanes) is 2. The van der Waals surface area contributed by atoms with E-state index in [9.17, 15) is 9.59 Å². The molecular weight excluding hydrogens is 204 g/mol. The molecule has 0 heterocycles. The van der Waals surface area contributed by atoms with Gasteiger partial charge in [-0.05, 0) is 26.2 Å². The molecule has 1 rings (SSSR count). The van der Waals surface area contributed by atoms with E-state index in [1.807, 2.05) is 0 Å². The molecule has 0 spiro atoms. The van der Waals surface area contributed by atoms with E-state index in [-0.39, 0.29) is 29.5 Å². The third-order valence-electron chi connectivity index (χ3n) is 3.34. The number of esters is 1. The molecule has 0 aromatic carbocycles. The van der Waals surface area contributed by atoms with Crippen molar-refractivity contribution in [3.8, 4) is 0 Å². The van der Waals surface area contributed by atoms with Gasteiger partial charge in [0.05, 0.1) is 12.5 Å². The number of carbonyl (C=O) groups excluding carboxylic acids is 2. The summed E-state index contributed by atoms with van der Waals surface area (Å²) in [6, 6.07) is 0. The predicted octanol–water partition coefficient (Wildman–Crippen LogP) is 2.58. The molecule has 1 aliphatic rings. The first-order valence-corrected chi connectivity index (χ1v) is 6.30. The largest absolute Gasteiger partial charge is 0.466 e. The number of ether oxygens (including phenoxy) is 1. The number of carbonyl (C=O) groups is 2. The van der Waals surface area contributed by atoms with Crippen molar-refractivity contribution >= 4 is 11.8 Å². The van der Waals surface area contributed by atoms with Crippen LogP contribution in [0.5, 0.6) is 0 Å². The van der Waals surface area contributed by atoms with Gasteiger partial charge in [0.15, 0.2) is 0 Å². The van der Waals surface area contributed by atoms with Gasteiger partial charge < -0.3 is 4.74 Å². The van der Waals surface area contributed by atoms with Crippen LogP contribution in [0, 0.1) is 17.8 Å². The molecular formula is C13H22O3. The standard InChI is InChI=1S/C13H22O3/c1-4-6-7-8-10-11(9(3)14)12(10)13(15)16-5-2/h10-12H,4-8H2,1-3H3/t10-,11-,12-/m0/s1. The fourth-order valence-corrected chi connectivity index (χ4v) is 2.48. The zero-order chi connectivity index (χ0) is 12.1. The van der Waals surface area contributed by atoms with Crippen molar-refractivity contribution in [2.75, 3.05) is 6.61 Å². The minimum atomic E-state index is -0.177. The minimum Gasteiger partial charge on any atom is -0.466 e. The molecule has 3 heteroatoms. The van der Waals surface area contributed by atoms with Crippen molar-refractivity contribution in [3.05, 3.63) is 0 Å². The average molecular weight is 226 g/mol. The Morgan fingerprint density at radius 2 is 1.81 bits per heavy atom. The Balaban J connectivity index is 2.43. The fraction of sp³-hybridized carbons (Fsp3) is 0.846. The normalized spacial score (nSPS) is 27.6. The van der Waals surface area contributed by atoms with E-state index < -0.39 is 0 Å². The Kier molecular flexibility index (Phi) is 4.97. The van der Waals surface area contributed by atoms with Crippen molar-refractivity contribution in [1.82, 2.24) is 0 Å². The Morgan fingerprint density at radius 1 is 1.12 bits per heavy atom. The summed E-state index contributed by atoms with van der Waals surface area (Å²) in [7, 11) is 0.